The number of nitrogens with zero attached hydrogens (tertiary/aromatic N) is 3. The summed E-state index contributed by atoms with van der Waals surface area (Å²) in [5, 5.41) is 8.96. The molecule has 35 heavy (non-hydrogen) atoms. The minimum Gasteiger partial charge on any atom is -0.488 e. The number of hydrogen-bond donors (Lipinski definition) is 0. The quantitative estimate of drug-likeness (QED) is 0.298. The van der Waals surface area contributed by atoms with Crippen molar-refractivity contribution in [3.05, 3.63) is 83.2 Å². The molecule has 5 rings (SSSR count). The van der Waals surface area contributed by atoms with E-state index >= 15 is 0 Å². The number of hydrogen-bond acceptors (Lipinski definition) is 3. The normalized spacial score (nSPS) is 14.2. The molecule has 4 aromatic rings. The van der Waals surface area contributed by atoms with Gasteiger partial charge in [-0.2, -0.15) is 5.26 Å². The fourth-order valence-corrected chi connectivity index (χ4v) is 4.81. The SMILES string of the molecule is N#Cc1ccc(COc2ccccc2-c2nc3cc(F)c(F)cc3n2CC2CCCCC2)c(F)c1. The number of imidazole rings is 1. The molecule has 3 aromatic carbocycles. The summed E-state index contributed by atoms with van der Waals surface area (Å²) in [4.78, 5) is 4.67. The van der Waals surface area contributed by atoms with Crippen LogP contribution in [0.4, 0.5) is 13.2 Å². The van der Waals surface area contributed by atoms with E-state index in [1.807, 2.05) is 22.8 Å². The Labute approximate surface area is 201 Å². The van der Waals surface area contributed by atoms with Crippen molar-refractivity contribution in [3.63, 3.8) is 0 Å². The third kappa shape index (κ3) is 4.74. The number of rotatable bonds is 6. The van der Waals surface area contributed by atoms with Crippen LogP contribution < -0.4 is 4.74 Å². The minimum atomic E-state index is -0.938. The highest BCUT2D eigenvalue weighted by molar-refractivity contribution is 5.82. The number of fused-ring (bicyclic) bond motifs is 1. The molecule has 4 nitrogen and oxygen atoms in total. The van der Waals surface area contributed by atoms with Gasteiger partial charge in [0.15, 0.2) is 11.6 Å². The number of benzene rings is 3. The van der Waals surface area contributed by atoms with Gasteiger partial charge in [0.05, 0.1) is 28.2 Å². The van der Waals surface area contributed by atoms with Crippen LogP contribution in [-0.4, -0.2) is 9.55 Å². The lowest BCUT2D eigenvalue weighted by atomic mass is 9.89. The molecule has 1 aromatic heterocycles. The standard InChI is InChI=1S/C28H24F3N3O/c29-22-12-19(15-32)10-11-20(22)17-35-27-9-5-4-8-21(27)28-33-25-13-23(30)24(31)14-26(25)34(28)16-18-6-2-1-3-7-18/h4-5,8-14,18H,1-3,6-7,16-17H2. The van der Waals surface area contributed by atoms with E-state index < -0.39 is 17.5 Å². The molecule has 0 bridgehead atoms. The Kier molecular flexibility index (Phi) is 6.45. The second-order valence-corrected chi connectivity index (χ2v) is 9.01. The highest BCUT2D eigenvalue weighted by atomic mass is 19.2. The zero-order chi connectivity index (χ0) is 24.4. The van der Waals surface area contributed by atoms with Gasteiger partial charge in [0.1, 0.15) is 24.0 Å². The van der Waals surface area contributed by atoms with E-state index in [0.29, 0.717) is 46.2 Å². The van der Waals surface area contributed by atoms with E-state index in [2.05, 4.69) is 4.98 Å². The van der Waals surface area contributed by atoms with E-state index in [1.54, 1.807) is 18.2 Å². The molecule has 1 aliphatic carbocycles. The molecule has 0 spiro atoms. The van der Waals surface area contributed by atoms with E-state index in [-0.39, 0.29) is 12.2 Å². The van der Waals surface area contributed by atoms with Gasteiger partial charge in [-0.25, -0.2) is 18.2 Å². The van der Waals surface area contributed by atoms with Crippen molar-refractivity contribution in [1.82, 2.24) is 9.55 Å². The van der Waals surface area contributed by atoms with Crippen LogP contribution in [0.2, 0.25) is 0 Å². The van der Waals surface area contributed by atoms with Gasteiger partial charge >= 0.3 is 0 Å². The average molecular weight is 476 g/mol. The summed E-state index contributed by atoms with van der Waals surface area (Å²) in [7, 11) is 0. The fourth-order valence-electron chi connectivity index (χ4n) is 4.81. The van der Waals surface area contributed by atoms with Gasteiger partial charge in [-0.3, -0.25) is 0 Å². The van der Waals surface area contributed by atoms with Crippen molar-refractivity contribution in [3.8, 4) is 23.2 Å². The third-order valence-electron chi connectivity index (χ3n) is 6.65. The summed E-state index contributed by atoms with van der Waals surface area (Å²) in [5.74, 6) is -0.892. The zero-order valence-corrected chi connectivity index (χ0v) is 19.1. The van der Waals surface area contributed by atoms with Crippen LogP contribution >= 0.6 is 0 Å². The monoisotopic (exact) mass is 475 g/mol. The summed E-state index contributed by atoms with van der Waals surface area (Å²) in [5.41, 5.74) is 2.13. The molecular formula is C28H24F3N3O. The van der Waals surface area contributed by atoms with Gasteiger partial charge in [-0.1, -0.05) is 37.5 Å². The lowest BCUT2D eigenvalue weighted by Crippen LogP contribution is -2.15. The average Bonchev–Trinajstić information content (AvgIpc) is 3.21. The van der Waals surface area contributed by atoms with E-state index in [9.17, 15) is 13.2 Å². The Morgan fingerprint density at radius 2 is 1.71 bits per heavy atom. The molecule has 0 aliphatic heterocycles. The maximum absolute atomic E-state index is 14.4. The lowest BCUT2D eigenvalue weighted by molar-refractivity contribution is 0.300. The van der Waals surface area contributed by atoms with Crippen molar-refractivity contribution in [2.75, 3.05) is 0 Å². The topological polar surface area (TPSA) is 50.8 Å². The summed E-state index contributed by atoms with van der Waals surface area (Å²) in [6, 6.07) is 15.8. The predicted octanol–water partition coefficient (Wildman–Crippen LogP) is 7.15. The molecule has 1 aliphatic rings. The maximum Gasteiger partial charge on any atom is 0.161 e. The van der Waals surface area contributed by atoms with Gasteiger partial charge in [-0.05, 0) is 43.0 Å². The molecule has 0 atom stereocenters. The molecule has 0 radical (unpaired) electrons. The third-order valence-corrected chi connectivity index (χ3v) is 6.65. The summed E-state index contributed by atoms with van der Waals surface area (Å²) in [6.45, 7) is 0.607. The number of para-hydroxylation sites is 1. The largest absolute Gasteiger partial charge is 0.488 e. The molecule has 0 N–H and O–H groups in total. The van der Waals surface area contributed by atoms with Gasteiger partial charge in [0.25, 0.3) is 0 Å². The summed E-state index contributed by atoms with van der Waals surface area (Å²) in [6.07, 6.45) is 5.70. The van der Waals surface area contributed by atoms with Gasteiger partial charge in [0, 0.05) is 24.2 Å². The van der Waals surface area contributed by atoms with Crippen LogP contribution in [0.3, 0.4) is 0 Å². The number of ether oxygens (including phenoxy) is 1. The van der Waals surface area contributed by atoms with Crippen molar-refractivity contribution in [2.45, 2.75) is 45.3 Å². The molecule has 1 saturated carbocycles. The Bertz CT molecular complexity index is 1420. The predicted molar refractivity (Wildman–Crippen MR) is 127 cm³/mol. The highest BCUT2D eigenvalue weighted by Crippen LogP contribution is 2.35. The highest BCUT2D eigenvalue weighted by Gasteiger charge is 2.22. The lowest BCUT2D eigenvalue weighted by Gasteiger charge is -2.23. The number of aromatic nitrogens is 2. The van der Waals surface area contributed by atoms with Gasteiger partial charge < -0.3 is 9.30 Å². The molecule has 0 unspecified atom stereocenters. The molecule has 1 fully saturated rings. The van der Waals surface area contributed by atoms with Gasteiger partial charge in [0.2, 0.25) is 0 Å². The van der Waals surface area contributed by atoms with Crippen LogP contribution in [-0.2, 0) is 13.2 Å². The summed E-state index contributed by atoms with van der Waals surface area (Å²) >= 11 is 0. The molecule has 0 saturated heterocycles. The summed E-state index contributed by atoms with van der Waals surface area (Å²) < 4.78 is 50.6. The van der Waals surface area contributed by atoms with Crippen LogP contribution in [0.1, 0.15) is 43.2 Å². The van der Waals surface area contributed by atoms with Crippen LogP contribution in [0.25, 0.3) is 22.4 Å². The fraction of sp³-hybridized carbons (Fsp3) is 0.286. The van der Waals surface area contributed by atoms with Crippen LogP contribution in [0.5, 0.6) is 5.75 Å². The van der Waals surface area contributed by atoms with Crippen molar-refractivity contribution < 1.29 is 17.9 Å². The zero-order valence-electron chi connectivity index (χ0n) is 19.1. The molecular weight excluding hydrogens is 451 g/mol. The molecule has 1 heterocycles. The first kappa shape index (κ1) is 23.0. The molecule has 0 amide bonds. The first-order valence-corrected chi connectivity index (χ1v) is 11.8. The smallest absolute Gasteiger partial charge is 0.161 e. The Hall–Kier alpha value is -3.79. The molecule has 178 valence electrons. The second kappa shape index (κ2) is 9.83. The van der Waals surface area contributed by atoms with E-state index in [0.717, 1.165) is 31.7 Å². The Morgan fingerprint density at radius 1 is 0.943 bits per heavy atom. The second-order valence-electron chi connectivity index (χ2n) is 9.01. The Morgan fingerprint density at radius 3 is 2.49 bits per heavy atom. The first-order valence-electron chi connectivity index (χ1n) is 11.8. The molecule has 7 heteroatoms. The van der Waals surface area contributed by atoms with Crippen molar-refractivity contribution in [2.24, 2.45) is 5.92 Å². The van der Waals surface area contributed by atoms with E-state index in [4.69, 9.17) is 10.00 Å². The van der Waals surface area contributed by atoms with Crippen molar-refractivity contribution in [1.29, 1.82) is 5.26 Å². The van der Waals surface area contributed by atoms with Crippen molar-refractivity contribution >= 4 is 11.0 Å². The number of halogens is 3. The van der Waals surface area contributed by atoms with Gasteiger partial charge in [-0.15, -0.1) is 0 Å². The minimum absolute atomic E-state index is 0.0410. The van der Waals surface area contributed by atoms with Crippen LogP contribution in [0.15, 0.2) is 54.6 Å². The first-order chi connectivity index (χ1) is 17.0. The number of nitriles is 1. The Balaban J connectivity index is 1.53. The van der Waals surface area contributed by atoms with Crippen LogP contribution in [0, 0.1) is 34.7 Å². The maximum atomic E-state index is 14.4. The van der Waals surface area contributed by atoms with E-state index in [1.165, 1.54) is 24.6 Å².